The molecule has 1 rings (SSSR count). The molecule has 0 atom stereocenters. The van der Waals surface area contributed by atoms with Crippen LogP contribution in [0, 0.1) is 5.41 Å². The Hall–Kier alpha value is -1.10. The molecule has 0 aromatic rings. The summed E-state index contributed by atoms with van der Waals surface area (Å²) in [6.45, 7) is 8.84. The highest BCUT2D eigenvalue weighted by Gasteiger charge is 2.43. The summed E-state index contributed by atoms with van der Waals surface area (Å²) >= 11 is 0. The number of nitrogens with one attached hydrogen (secondary N) is 1. The van der Waals surface area contributed by atoms with E-state index in [0.717, 1.165) is 25.9 Å². The van der Waals surface area contributed by atoms with Gasteiger partial charge in [0, 0.05) is 18.6 Å². The zero-order valence-corrected chi connectivity index (χ0v) is 12.5. The molecule has 0 radical (unpaired) electrons. The number of carboxylic acid groups (broad SMARTS) is 1. The molecule has 1 aliphatic rings. The molecule has 2 N–H and O–H groups in total. The number of carboxylic acids is 1. The van der Waals surface area contributed by atoms with E-state index in [-0.39, 0.29) is 12.5 Å². The standard InChI is InChI=1S/C14H26N2O3/c1-13(2,12(18)19)14(3,4)15-10-11(17)16-8-6-5-7-9-16/h15H,5-10H2,1-4H3,(H,18,19). The van der Waals surface area contributed by atoms with Crippen molar-refractivity contribution in [1.29, 1.82) is 0 Å². The van der Waals surface area contributed by atoms with Crippen LogP contribution in [0.4, 0.5) is 0 Å². The minimum absolute atomic E-state index is 0.0639. The Kier molecular flexibility index (Phi) is 4.96. The zero-order valence-electron chi connectivity index (χ0n) is 12.5. The van der Waals surface area contributed by atoms with E-state index in [2.05, 4.69) is 5.32 Å². The molecular formula is C14H26N2O3. The van der Waals surface area contributed by atoms with Crippen LogP contribution in [-0.2, 0) is 9.59 Å². The number of piperidine rings is 1. The van der Waals surface area contributed by atoms with Gasteiger partial charge in [-0.3, -0.25) is 9.59 Å². The van der Waals surface area contributed by atoms with Crippen molar-refractivity contribution in [3.63, 3.8) is 0 Å². The number of rotatable bonds is 5. The van der Waals surface area contributed by atoms with Crippen molar-refractivity contribution in [3.8, 4) is 0 Å². The fraction of sp³-hybridized carbons (Fsp3) is 0.857. The molecule has 1 fully saturated rings. The van der Waals surface area contributed by atoms with Gasteiger partial charge in [0.15, 0.2) is 0 Å². The third kappa shape index (κ3) is 3.69. The van der Waals surface area contributed by atoms with Gasteiger partial charge in [-0.1, -0.05) is 0 Å². The van der Waals surface area contributed by atoms with Crippen LogP contribution in [0.5, 0.6) is 0 Å². The molecule has 1 amide bonds. The van der Waals surface area contributed by atoms with Crippen LogP contribution in [0.15, 0.2) is 0 Å². The molecule has 0 aliphatic carbocycles. The Bertz CT molecular complexity index is 345. The molecule has 1 heterocycles. The lowest BCUT2D eigenvalue weighted by atomic mass is 9.74. The monoisotopic (exact) mass is 270 g/mol. The van der Waals surface area contributed by atoms with Crippen molar-refractivity contribution in [2.45, 2.75) is 52.5 Å². The molecule has 110 valence electrons. The van der Waals surface area contributed by atoms with Crippen LogP contribution in [0.1, 0.15) is 47.0 Å². The molecule has 5 nitrogen and oxygen atoms in total. The second-order valence-corrected chi connectivity index (χ2v) is 6.35. The number of carbonyl (C=O) groups is 2. The Morgan fingerprint density at radius 1 is 1.11 bits per heavy atom. The van der Waals surface area contributed by atoms with Gasteiger partial charge >= 0.3 is 5.97 Å². The van der Waals surface area contributed by atoms with Crippen LogP contribution in [0.3, 0.4) is 0 Å². The van der Waals surface area contributed by atoms with Crippen LogP contribution in [0.2, 0.25) is 0 Å². The van der Waals surface area contributed by atoms with Gasteiger partial charge in [0.1, 0.15) is 0 Å². The summed E-state index contributed by atoms with van der Waals surface area (Å²) in [6, 6.07) is 0. The average Bonchev–Trinajstić information content (AvgIpc) is 2.36. The molecule has 1 saturated heterocycles. The first-order valence-corrected chi connectivity index (χ1v) is 6.95. The number of amides is 1. The first-order chi connectivity index (χ1) is 8.68. The lowest BCUT2D eigenvalue weighted by Gasteiger charge is -2.39. The van der Waals surface area contributed by atoms with E-state index < -0.39 is 16.9 Å². The number of hydrogen-bond donors (Lipinski definition) is 2. The van der Waals surface area contributed by atoms with E-state index in [0.29, 0.717) is 0 Å². The lowest BCUT2D eigenvalue weighted by molar-refractivity contribution is -0.151. The number of nitrogens with zero attached hydrogens (tertiary/aromatic N) is 1. The Morgan fingerprint density at radius 2 is 1.63 bits per heavy atom. The Balaban J connectivity index is 2.55. The second-order valence-electron chi connectivity index (χ2n) is 6.35. The maximum absolute atomic E-state index is 12.1. The molecule has 0 bridgehead atoms. The smallest absolute Gasteiger partial charge is 0.310 e. The van der Waals surface area contributed by atoms with Gasteiger partial charge in [-0.05, 0) is 47.0 Å². The molecule has 0 unspecified atom stereocenters. The normalized spacial score (nSPS) is 17.4. The van der Waals surface area contributed by atoms with Gasteiger partial charge < -0.3 is 15.3 Å². The Labute approximate surface area is 115 Å². The van der Waals surface area contributed by atoms with E-state index in [1.54, 1.807) is 13.8 Å². The second kappa shape index (κ2) is 5.90. The third-order valence-electron chi connectivity index (χ3n) is 4.49. The largest absolute Gasteiger partial charge is 0.481 e. The number of aliphatic carboxylic acids is 1. The van der Waals surface area contributed by atoms with Gasteiger partial charge in [-0.2, -0.15) is 0 Å². The molecule has 0 aromatic carbocycles. The summed E-state index contributed by atoms with van der Waals surface area (Å²) in [5.74, 6) is -0.801. The van der Waals surface area contributed by atoms with Crippen molar-refractivity contribution in [1.82, 2.24) is 10.2 Å². The maximum atomic E-state index is 12.1. The minimum Gasteiger partial charge on any atom is -0.481 e. The van der Waals surface area contributed by atoms with Crippen molar-refractivity contribution >= 4 is 11.9 Å². The van der Waals surface area contributed by atoms with Gasteiger partial charge in [0.25, 0.3) is 0 Å². The quantitative estimate of drug-likeness (QED) is 0.794. The summed E-state index contributed by atoms with van der Waals surface area (Å²) in [7, 11) is 0. The van der Waals surface area contributed by atoms with Crippen LogP contribution >= 0.6 is 0 Å². The van der Waals surface area contributed by atoms with Crippen molar-refractivity contribution in [3.05, 3.63) is 0 Å². The van der Waals surface area contributed by atoms with E-state index in [1.807, 2.05) is 18.7 Å². The lowest BCUT2D eigenvalue weighted by Crippen LogP contribution is -2.57. The number of carbonyl (C=O) groups excluding carboxylic acids is 1. The predicted octanol–water partition coefficient (Wildman–Crippen LogP) is 1.48. The van der Waals surface area contributed by atoms with Gasteiger partial charge in [0.2, 0.25) is 5.91 Å². The molecule has 0 saturated carbocycles. The van der Waals surface area contributed by atoms with Gasteiger partial charge in [0.05, 0.1) is 12.0 Å². The maximum Gasteiger partial charge on any atom is 0.310 e. The topological polar surface area (TPSA) is 69.6 Å². The number of hydrogen-bond acceptors (Lipinski definition) is 3. The number of likely N-dealkylation sites (tertiary alicyclic amines) is 1. The summed E-state index contributed by atoms with van der Waals surface area (Å²) < 4.78 is 0. The molecule has 0 aromatic heterocycles. The summed E-state index contributed by atoms with van der Waals surface area (Å²) in [5, 5.41) is 12.4. The van der Waals surface area contributed by atoms with Crippen molar-refractivity contribution in [2.75, 3.05) is 19.6 Å². The van der Waals surface area contributed by atoms with Gasteiger partial charge in [-0.15, -0.1) is 0 Å². The van der Waals surface area contributed by atoms with Crippen molar-refractivity contribution in [2.24, 2.45) is 5.41 Å². The van der Waals surface area contributed by atoms with Crippen LogP contribution in [-0.4, -0.2) is 47.1 Å². The fourth-order valence-corrected chi connectivity index (χ4v) is 2.04. The third-order valence-corrected chi connectivity index (χ3v) is 4.49. The van der Waals surface area contributed by atoms with Crippen molar-refractivity contribution < 1.29 is 14.7 Å². The summed E-state index contributed by atoms with van der Waals surface area (Å²) in [4.78, 5) is 25.2. The SMILES string of the molecule is CC(C)(NCC(=O)N1CCCCC1)C(C)(C)C(=O)O. The fourth-order valence-electron chi connectivity index (χ4n) is 2.04. The molecule has 0 spiro atoms. The minimum atomic E-state index is -0.935. The van der Waals surface area contributed by atoms with Gasteiger partial charge in [-0.25, -0.2) is 0 Å². The summed E-state index contributed by atoms with van der Waals surface area (Å²) in [5.41, 5.74) is -1.58. The van der Waals surface area contributed by atoms with Crippen LogP contribution < -0.4 is 5.32 Å². The molecule has 19 heavy (non-hydrogen) atoms. The van der Waals surface area contributed by atoms with E-state index >= 15 is 0 Å². The first-order valence-electron chi connectivity index (χ1n) is 6.95. The van der Waals surface area contributed by atoms with Crippen LogP contribution in [0.25, 0.3) is 0 Å². The highest BCUT2D eigenvalue weighted by Crippen LogP contribution is 2.30. The Morgan fingerprint density at radius 3 is 2.11 bits per heavy atom. The van der Waals surface area contributed by atoms with E-state index in [9.17, 15) is 14.7 Å². The highest BCUT2D eigenvalue weighted by molar-refractivity contribution is 5.79. The van der Waals surface area contributed by atoms with E-state index in [1.165, 1.54) is 6.42 Å². The zero-order chi connectivity index (χ0) is 14.7. The highest BCUT2D eigenvalue weighted by atomic mass is 16.4. The predicted molar refractivity (Wildman–Crippen MR) is 73.9 cm³/mol. The van der Waals surface area contributed by atoms with E-state index in [4.69, 9.17) is 0 Å². The molecule has 1 aliphatic heterocycles. The average molecular weight is 270 g/mol. The molecular weight excluding hydrogens is 244 g/mol. The molecule has 5 heteroatoms. The first kappa shape index (κ1) is 16.0. The summed E-state index contributed by atoms with van der Waals surface area (Å²) in [6.07, 6.45) is 3.32.